The molecule has 1 aromatic carbocycles. The van der Waals surface area contributed by atoms with Crippen molar-refractivity contribution in [3.8, 4) is 0 Å². The van der Waals surface area contributed by atoms with E-state index in [0.29, 0.717) is 19.0 Å². The highest BCUT2D eigenvalue weighted by atomic mass is 79.9. The second-order valence-electron chi connectivity index (χ2n) is 8.19. The molecule has 1 unspecified atom stereocenters. The van der Waals surface area contributed by atoms with Crippen LogP contribution in [0.1, 0.15) is 43.7 Å². The van der Waals surface area contributed by atoms with E-state index in [4.69, 9.17) is 9.02 Å². The minimum Gasteiger partial charge on any atom is -0.468 e. The number of hydrogen-bond donors (Lipinski definition) is 0. The van der Waals surface area contributed by atoms with E-state index in [1.807, 2.05) is 26.0 Å². The third-order valence-electron chi connectivity index (χ3n) is 5.60. The van der Waals surface area contributed by atoms with Crippen LogP contribution in [0.2, 0.25) is 0 Å². The fraction of sp³-hybridized carbons (Fsp3) is 0.478. The zero-order valence-electron chi connectivity index (χ0n) is 18.6. The van der Waals surface area contributed by atoms with Gasteiger partial charge in [-0.15, -0.1) is 0 Å². The first-order chi connectivity index (χ1) is 15.4. The van der Waals surface area contributed by atoms with Crippen molar-refractivity contribution in [1.29, 1.82) is 0 Å². The molecule has 7 nitrogen and oxygen atoms in total. The second kappa shape index (κ2) is 12.0. The molecule has 2 atom stereocenters. The molecule has 174 valence electrons. The molecule has 9 heteroatoms. The smallest absolute Gasteiger partial charge is 0.324 e. The first-order valence-corrected chi connectivity index (χ1v) is 12.6. The molecule has 2 aromatic rings. The number of hydroxylamine groups is 2. The summed E-state index contributed by atoms with van der Waals surface area (Å²) < 4.78 is 26.8. The van der Waals surface area contributed by atoms with E-state index in [9.17, 15) is 9.00 Å². The highest BCUT2D eigenvalue weighted by Gasteiger charge is 2.36. The van der Waals surface area contributed by atoms with Gasteiger partial charge in [-0.25, -0.2) is 4.21 Å². The van der Waals surface area contributed by atoms with Gasteiger partial charge < -0.3 is 4.74 Å². The number of benzene rings is 1. The van der Waals surface area contributed by atoms with E-state index < -0.39 is 23.3 Å². The first kappa shape index (κ1) is 25.0. The monoisotopic (exact) mass is 523 g/mol. The highest BCUT2D eigenvalue weighted by Crippen LogP contribution is 2.30. The molecular formula is C23H30BrN3O4S. The normalized spacial score (nSPS) is 17.4. The topological polar surface area (TPSA) is 72.0 Å². The maximum Gasteiger partial charge on any atom is 0.324 e. The molecule has 0 amide bonds. The predicted octanol–water partition coefficient (Wildman–Crippen LogP) is 4.23. The van der Waals surface area contributed by atoms with E-state index in [1.54, 1.807) is 21.8 Å². The van der Waals surface area contributed by atoms with Crippen LogP contribution in [-0.4, -0.2) is 50.8 Å². The lowest BCUT2D eigenvalue weighted by atomic mass is 9.90. The summed E-state index contributed by atoms with van der Waals surface area (Å²) in [4.78, 5) is 16.6. The Morgan fingerprint density at radius 2 is 1.94 bits per heavy atom. The number of carbonyl (C=O) groups excluding carboxylic acids is 1. The molecule has 1 fully saturated rings. The molecule has 0 bridgehead atoms. The fourth-order valence-corrected chi connectivity index (χ4v) is 5.34. The summed E-state index contributed by atoms with van der Waals surface area (Å²) >= 11 is 1.61. The number of halogens is 1. The third-order valence-corrected chi connectivity index (χ3v) is 7.21. The number of piperidine rings is 1. The maximum atomic E-state index is 13.3. The van der Waals surface area contributed by atoms with Crippen molar-refractivity contribution in [2.24, 2.45) is 5.92 Å². The fourth-order valence-electron chi connectivity index (χ4n) is 3.89. The van der Waals surface area contributed by atoms with Crippen LogP contribution < -0.4 is 0 Å². The number of hydrogen-bond acceptors (Lipinski definition) is 6. The van der Waals surface area contributed by atoms with Crippen LogP contribution in [0.5, 0.6) is 0 Å². The zero-order valence-corrected chi connectivity index (χ0v) is 21.0. The molecule has 1 aliphatic heterocycles. The van der Waals surface area contributed by atoms with Gasteiger partial charge in [0.25, 0.3) is 11.3 Å². The molecular weight excluding hydrogens is 494 g/mol. The lowest BCUT2D eigenvalue weighted by Gasteiger charge is -2.34. The largest absolute Gasteiger partial charge is 0.468 e. The van der Waals surface area contributed by atoms with Crippen molar-refractivity contribution >= 4 is 33.2 Å². The number of rotatable bonds is 9. The van der Waals surface area contributed by atoms with Crippen molar-refractivity contribution in [1.82, 2.24) is 14.4 Å². The minimum absolute atomic E-state index is 0.116. The van der Waals surface area contributed by atoms with Crippen LogP contribution in [0.4, 0.5) is 0 Å². The van der Waals surface area contributed by atoms with Gasteiger partial charge in [0, 0.05) is 36.5 Å². The molecule has 0 saturated carbocycles. The van der Waals surface area contributed by atoms with Crippen LogP contribution >= 0.6 is 15.9 Å². The van der Waals surface area contributed by atoms with Gasteiger partial charge in [-0.05, 0) is 54.0 Å². The SMILES string of the molecule is COC(=O)[C@@H](C(C)C)N(Cc1cccnc1)S(=O)ON1CCC(c2ccc(Br)cc2)CC1. The first-order valence-electron chi connectivity index (χ1n) is 10.7. The third kappa shape index (κ3) is 6.68. The summed E-state index contributed by atoms with van der Waals surface area (Å²) in [5.41, 5.74) is 2.14. The Labute approximate surface area is 201 Å². The van der Waals surface area contributed by atoms with Crippen molar-refractivity contribution in [2.45, 2.75) is 45.2 Å². The van der Waals surface area contributed by atoms with Crippen LogP contribution in [0, 0.1) is 5.92 Å². The summed E-state index contributed by atoms with van der Waals surface area (Å²) in [5.74, 6) is -0.106. The van der Waals surface area contributed by atoms with E-state index in [1.165, 1.54) is 12.7 Å². The lowest BCUT2D eigenvalue weighted by Crippen LogP contribution is -2.48. The number of methoxy groups -OCH3 is 1. The van der Waals surface area contributed by atoms with Crippen LogP contribution in [0.25, 0.3) is 0 Å². The van der Waals surface area contributed by atoms with Crippen molar-refractivity contribution < 1.29 is 18.0 Å². The minimum atomic E-state index is -1.86. The Bertz CT molecular complexity index is 890. The van der Waals surface area contributed by atoms with Gasteiger partial charge in [-0.1, -0.05) is 48.0 Å². The van der Waals surface area contributed by atoms with Gasteiger partial charge in [0.1, 0.15) is 6.04 Å². The number of nitrogens with zero attached hydrogens (tertiary/aromatic N) is 3. The molecule has 0 N–H and O–H groups in total. The Kier molecular flexibility index (Phi) is 9.36. The lowest BCUT2D eigenvalue weighted by molar-refractivity contribution is -0.147. The van der Waals surface area contributed by atoms with Gasteiger partial charge >= 0.3 is 5.97 Å². The van der Waals surface area contributed by atoms with Crippen LogP contribution in [0.3, 0.4) is 0 Å². The zero-order chi connectivity index (χ0) is 23.1. The standard InChI is InChI=1S/C23H30BrN3O4S/c1-17(2)22(23(28)30-3)27(16-18-5-4-12-25-15-18)32(29)31-26-13-10-20(11-14-26)19-6-8-21(24)9-7-19/h4-9,12,15,17,20,22H,10-11,13-14,16H2,1-3H3/t22-,32?/m1/s1. The maximum absolute atomic E-state index is 13.3. The molecule has 0 radical (unpaired) electrons. The van der Waals surface area contributed by atoms with Gasteiger partial charge in [-0.2, -0.15) is 13.7 Å². The summed E-state index contributed by atoms with van der Waals surface area (Å²) in [6, 6.07) is 11.4. The van der Waals surface area contributed by atoms with E-state index in [0.717, 1.165) is 22.9 Å². The van der Waals surface area contributed by atoms with Crippen LogP contribution in [-0.2, 0) is 31.6 Å². The second-order valence-corrected chi connectivity index (χ2v) is 10.2. The average molecular weight is 524 g/mol. The summed E-state index contributed by atoms with van der Waals surface area (Å²) in [5, 5.41) is 1.75. The quantitative estimate of drug-likeness (QED) is 0.458. The predicted molar refractivity (Wildman–Crippen MR) is 127 cm³/mol. The van der Waals surface area contributed by atoms with Crippen molar-refractivity contribution in [3.05, 3.63) is 64.4 Å². The van der Waals surface area contributed by atoms with Gasteiger partial charge in [0.2, 0.25) is 0 Å². The molecule has 0 spiro atoms. The van der Waals surface area contributed by atoms with E-state index in [-0.39, 0.29) is 12.5 Å². The number of pyridine rings is 1. The number of ether oxygens (including phenoxy) is 1. The highest BCUT2D eigenvalue weighted by molar-refractivity contribution is 9.10. The molecule has 1 saturated heterocycles. The van der Waals surface area contributed by atoms with Crippen molar-refractivity contribution in [3.63, 3.8) is 0 Å². The number of esters is 1. The summed E-state index contributed by atoms with van der Waals surface area (Å²) in [6.45, 7) is 5.39. The molecule has 3 rings (SSSR count). The van der Waals surface area contributed by atoms with Crippen LogP contribution in [0.15, 0.2) is 53.3 Å². The molecule has 2 heterocycles. The average Bonchev–Trinajstić information content (AvgIpc) is 2.80. The Hall–Kier alpha value is -1.65. The molecule has 1 aliphatic rings. The van der Waals surface area contributed by atoms with Crippen molar-refractivity contribution in [2.75, 3.05) is 20.2 Å². The number of aromatic nitrogens is 1. The Balaban J connectivity index is 1.68. The van der Waals surface area contributed by atoms with E-state index >= 15 is 0 Å². The van der Waals surface area contributed by atoms with Gasteiger partial charge in [0.15, 0.2) is 0 Å². The Morgan fingerprint density at radius 3 is 2.50 bits per heavy atom. The van der Waals surface area contributed by atoms with E-state index in [2.05, 4.69) is 45.2 Å². The van der Waals surface area contributed by atoms with Gasteiger partial charge in [-0.3, -0.25) is 9.78 Å². The Morgan fingerprint density at radius 1 is 1.25 bits per heavy atom. The van der Waals surface area contributed by atoms with Gasteiger partial charge in [0.05, 0.1) is 7.11 Å². The molecule has 0 aliphatic carbocycles. The summed E-state index contributed by atoms with van der Waals surface area (Å²) in [7, 11) is 1.34. The number of carbonyl (C=O) groups is 1. The summed E-state index contributed by atoms with van der Waals surface area (Å²) in [6.07, 6.45) is 5.19. The molecule has 1 aromatic heterocycles. The molecule has 32 heavy (non-hydrogen) atoms.